The molecule has 1 fully saturated rings. The van der Waals surface area contributed by atoms with Crippen LogP contribution in [0.3, 0.4) is 0 Å². The number of hydrogen-bond donors (Lipinski definition) is 2. The van der Waals surface area contributed by atoms with Gasteiger partial charge in [-0.1, -0.05) is 41.7 Å². The Bertz CT molecular complexity index is 681. The van der Waals surface area contributed by atoms with Gasteiger partial charge in [0.05, 0.1) is 0 Å². The van der Waals surface area contributed by atoms with Crippen LogP contribution in [0.4, 0.5) is 5.13 Å². The Hall–Kier alpha value is -1.44. The molecule has 1 aliphatic rings. The van der Waals surface area contributed by atoms with Crippen LogP contribution < -0.4 is 10.6 Å². The lowest BCUT2D eigenvalue weighted by Crippen LogP contribution is -2.39. The minimum atomic E-state index is -0.233. The summed E-state index contributed by atoms with van der Waals surface area (Å²) in [4.78, 5) is 12.2. The quantitative estimate of drug-likeness (QED) is 0.856. The highest BCUT2D eigenvalue weighted by atomic mass is 32.2. The molecule has 2 aromatic rings. The van der Waals surface area contributed by atoms with Crippen LogP contribution in [-0.2, 0) is 10.2 Å². The molecule has 1 saturated heterocycles. The zero-order valence-electron chi connectivity index (χ0n) is 13.9. The van der Waals surface area contributed by atoms with Gasteiger partial charge in [-0.25, -0.2) is 0 Å². The average Bonchev–Trinajstić information content (AvgIpc) is 3.05. The highest BCUT2D eigenvalue weighted by molar-refractivity contribution is 7.99. The van der Waals surface area contributed by atoms with Crippen molar-refractivity contribution in [3.05, 3.63) is 40.9 Å². The largest absolute Gasteiger partial charge is 0.312 e. The van der Waals surface area contributed by atoms with Crippen LogP contribution >= 0.6 is 23.1 Å². The maximum absolute atomic E-state index is 12.2. The molecule has 1 amide bonds. The molecule has 128 valence electrons. The van der Waals surface area contributed by atoms with Gasteiger partial charge >= 0.3 is 0 Å². The van der Waals surface area contributed by atoms with Gasteiger partial charge in [-0.15, -0.1) is 10.2 Å². The van der Waals surface area contributed by atoms with Gasteiger partial charge in [0.1, 0.15) is 5.01 Å². The number of rotatable bonds is 5. The second kappa shape index (κ2) is 7.63. The summed E-state index contributed by atoms with van der Waals surface area (Å²) in [5, 5.41) is 16.2. The number of aromatic nitrogens is 2. The van der Waals surface area contributed by atoms with Crippen LogP contribution in [0.5, 0.6) is 0 Å². The third-order valence-electron chi connectivity index (χ3n) is 4.13. The Kier molecular flexibility index (Phi) is 5.53. The number of thioether (sulfide) groups is 1. The first-order chi connectivity index (χ1) is 11.6. The third kappa shape index (κ3) is 4.15. The number of anilines is 1. The number of nitrogens with zero attached hydrogens (tertiary/aromatic N) is 2. The Morgan fingerprint density at radius 3 is 2.83 bits per heavy atom. The molecule has 7 heteroatoms. The lowest BCUT2D eigenvalue weighted by molar-refractivity contribution is -0.116. The minimum absolute atomic E-state index is 0.00443. The molecule has 0 spiro atoms. The van der Waals surface area contributed by atoms with Crippen molar-refractivity contribution in [2.75, 3.05) is 23.4 Å². The first kappa shape index (κ1) is 17.4. The maximum atomic E-state index is 12.2. The van der Waals surface area contributed by atoms with E-state index in [0.717, 1.165) is 23.1 Å². The summed E-state index contributed by atoms with van der Waals surface area (Å²) in [6.07, 6.45) is 0.476. The summed E-state index contributed by atoms with van der Waals surface area (Å²) in [5.41, 5.74) is 0.950. The van der Waals surface area contributed by atoms with Gasteiger partial charge in [0.15, 0.2) is 0 Å². The van der Waals surface area contributed by atoms with Crippen LogP contribution in [0.1, 0.15) is 30.8 Å². The van der Waals surface area contributed by atoms with Crippen molar-refractivity contribution in [1.29, 1.82) is 0 Å². The first-order valence-electron chi connectivity index (χ1n) is 8.06. The van der Waals surface area contributed by atoms with Gasteiger partial charge in [-0.3, -0.25) is 4.79 Å². The number of benzene rings is 1. The van der Waals surface area contributed by atoms with Crippen LogP contribution in [0.15, 0.2) is 30.3 Å². The third-order valence-corrected chi connectivity index (χ3v) is 6.42. The van der Waals surface area contributed by atoms with E-state index in [0.29, 0.717) is 11.6 Å². The van der Waals surface area contributed by atoms with Gasteiger partial charge in [0, 0.05) is 35.9 Å². The Labute approximate surface area is 150 Å². The second-order valence-corrected chi connectivity index (χ2v) is 8.51. The molecule has 1 unspecified atom stereocenters. The van der Waals surface area contributed by atoms with Gasteiger partial charge < -0.3 is 10.6 Å². The molecule has 1 atom stereocenters. The van der Waals surface area contributed by atoms with Gasteiger partial charge in [0.25, 0.3) is 0 Å². The number of carbonyl (C=O) groups is 1. The number of nitrogens with one attached hydrogen (secondary N) is 2. The smallest absolute Gasteiger partial charge is 0.227 e. The predicted octanol–water partition coefficient (Wildman–Crippen LogP) is 2.90. The normalized spacial score (nSPS) is 18.3. The van der Waals surface area contributed by atoms with E-state index in [4.69, 9.17) is 0 Å². The van der Waals surface area contributed by atoms with E-state index in [2.05, 4.69) is 46.8 Å². The van der Waals surface area contributed by atoms with Gasteiger partial charge in [0.2, 0.25) is 11.0 Å². The van der Waals surface area contributed by atoms with Gasteiger partial charge in [-0.2, -0.15) is 11.8 Å². The fourth-order valence-corrected chi connectivity index (χ4v) is 4.48. The molecule has 0 bridgehead atoms. The standard InChI is InChI=1S/C17H22N4OS2/c1-17(2,12-6-4-3-5-7-12)15-20-21-16(24-15)19-14(22)10-13-11-23-9-8-18-13/h3-7,13,18H,8-11H2,1-2H3,(H,19,21,22). The van der Waals surface area contributed by atoms with Crippen LogP contribution in [0.2, 0.25) is 0 Å². The summed E-state index contributed by atoms with van der Waals surface area (Å²) in [7, 11) is 0. The Balaban J connectivity index is 1.63. The fourth-order valence-electron chi connectivity index (χ4n) is 2.65. The molecule has 3 rings (SSSR count). The summed E-state index contributed by atoms with van der Waals surface area (Å²) in [5.74, 6) is 2.10. The summed E-state index contributed by atoms with van der Waals surface area (Å²) >= 11 is 3.33. The van der Waals surface area contributed by atoms with Crippen LogP contribution in [0, 0.1) is 0 Å². The Morgan fingerprint density at radius 1 is 1.33 bits per heavy atom. The zero-order chi connectivity index (χ0) is 17.0. The monoisotopic (exact) mass is 362 g/mol. The zero-order valence-corrected chi connectivity index (χ0v) is 15.5. The molecule has 2 heterocycles. The van der Waals surface area contributed by atoms with E-state index in [1.807, 2.05) is 30.0 Å². The topological polar surface area (TPSA) is 66.9 Å². The molecule has 1 aromatic heterocycles. The highest BCUT2D eigenvalue weighted by Crippen LogP contribution is 2.34. The number of carbonyl (C=O) groups excluding carboxylic acids is 1. The second-order valence-electron chi connectivity index (χ2n) is 6.38. The summed E-state index contributed by atoms with van der Waals surface area (Å²) < 4.78 is 0. The van der Waals surface area contributed by atoms with E-state index < -0.39 is 0 Å². The predicted molar refractivity (Wildman–Crippen MR) is 101 cm³/mol. The Morgan fingerprint density at radius 2 is 2.12 bits per heavy atom. The van der Waals surface area contributed by atoms with Crippen LogP contribution in [0.25, 0.3) is 0 Å². The molecule has 2 N–H and O–H groups in total. The molecular weight excluding hydrogens is 340 g/mol. The van der Waals surface area contributed by atoms with E-state index in [1.54, 1.807) is 0 Å². The van der Waals surface area contributed by atoms with E-state index >= 15 is 0 Å². The molecule has 5 nitrogen and oxygen atoms in total. The van der Waals surface area contributed by atoms with Crippen molar-refractivity contribution in [2.24, 2.45) is 0 Å². The first-order valence-corrected chi connectivity index (χ1v) is 10.0. The van der Waals surface area contributed by atoms with Crippen molar-refractivity contribution < 1.29 is 4.79 Å². The van der Waals surface area contributed by atoms with Crippen LogP contribution in [-0.4, -0.2) is 40.2 Å². The molecule has 1 aliphatic heterocycles. The molecule has 0 radical (unpaired) electrons. The van der Waals surface area contributed by atoms with E-state index in [-0.39, 0.29) is 17.4 Å². The van der Waals surface area contributed by atoms with Gasteiger partial charge in [-0.05, 0) is 19.4 Å². The van der Waals surface area contributed by atoms with E-state index in [9.17, 15) is 4.79 Å². The average molecular weight is 363 g/mol. The van der Waals surface area contributed by atoms with E-state index in [1.165, 1.54) is 16.9 Å². The van der Waals surface area contributed by atoms with Crippen molar-refractivity contribution >= 4 is 34.1 Å². The molecule has 24 heavy (non-hydrogen) atoms. The molecule has 0 saturated carbocycles. The minimum Gasteiger partial charge on any atom is -0.312 e. The maximum Gasteiger partial charge on any atom is 0.227 e. The lowest BCUT2D eigenvalue weighted by atomic mass is 9.85. The number of hydrogen-bond acceptors (Lipinski definition) is 6. The van der Waals surface area contributed by atoms with Crippen molar-refractivity contribution in [3.8, 4) is 0 Å². The fraction of sp³-hybridized carbons (Fsp3) is 0.471. The SMILES string of the molecule is CC(C)(c1ccccc1)c1nnc(NC(=O)CC2CSCCN2)s1. The lowest BCUT2D eigenvalue weighted by Gasteiger charge is -2.22. The molecule has 0 aliphatic carbocycles. The van der Waals surface area contributed by atoms with Crippen molar-refractivity contribution in [1.82, 2.24) is 15.5 Å². The highest BCUT2D eigenvalue weighted by Gasteiger charge is 2.28. The van der Waals surface area contributed by atoms with Crippen molar-refractivity contribution in [3.63, 3.8) is 0 Å². The molecular formula is C17H22N4OS2. The van der Waals surface area contributed by atoms with Crippen molar-refractivity contribution in [2.45, 2.75) is 31.7 Å². The molecule has 1 aromatic carbocycles. The number of amides is 1. The summed E-state index contributed by atoms with van der Waals surface area (Å²) in [6.45, 7) is 5.21. The summed E-state index contributed by atoms with van der Waals surface area (Å²) in [6, 6.07) is 10.5.